The van der Waals surface area contributed by atoms with Crippen LogP contribution < -0.4 is 0 Å². The first-order chi connectivity index (χ1) is 6.79. The first kappa shape index (κ1) is 8.89. The van der Waals surface area contributed by atoms with E-state index in [1.54, 1.807) is 7.11 Å². The fourth-order valence-electron chi connectivity index (χ4n) is 1.07. The van der Waals surface area contributed by atoms with Crippen LogP contribution >= 0.6 is 0 Å². The maximum absolute atomic E-state index is 4.99. The molecule has 0 bridgehead atoms. The number of rotatable bonds is 3. The molecular formula is C8H10N4O2. The molecule has 2 rings (SSSR count). The van der Waals surface area contributed by atoms with Gasteiger partial charge in [0.2, 0.25) is 0 Å². The van der Waals surface area contributed by atoms with Crippen LogP contribution in [0.25, 0.3) is 11.6 Å². The van der Waals surface area contributed by atoms with E-state index in [-0.39, 0.29) is 0 Å². The average Bonchev–Trinajstić information content (AvgIpc) is 2.74. The van der Waals surface area contributed by atoms with Gasteiger partial charge in [0.1, 0.15) is 6.61 Å². The minimum Gasteiger partial charge on any atom is -0.377 e. The lowest BCUT2D eigenvalue weighted by molar-refractivity contribution is 0.174. The van der Waals surface area contributed by atoms with Gasteiger partial charge in [-0.15, -0.1) is 0 Å². The quantitative estimate of drug-likeness (QED) is 0.785. The van der Waals surface area contributed by atoms with Gasteiger partial charge in [0.25, 0.3) is 5.89 Å². The van der Waals surface area contributed by atoms with Gasteiger partial charge in [-0.2, -0.15) is 10.1 Å². The lowest BCUT2D eigenvalue weighted by Gasteiger charge is -1.86. The smallest absolute Gasteiger partial charge is 0.278 e. The summed E-state index contributed by atoms with van der Waals surface area (Å²) >= 11 is 0. The molecule has 0 amide bonds. The van der Waals surface area contributed by atoms with Crippen LogP contribution in [0.4, 0.5) is 0 Å². The van der Waals surface area contributed by atoms with Crippen molar-refractivity contribution in [3.8, 4) is 11.6 Å². The Bertz CT molecular complexity index is 420. The topological polar surface area (TPSA) is 76.8 Å². The highest BCUT2D eigenvalue weighted by atomic mass is 16.5. The second kappa shape index (κ2) is 3.59. The summed E-state index contributed by atoms with van der Waals surface area (Å²) in [7, 11) is 1.58. The number of H-pyrrole nitrogens is 1. The van der Waals surface area contributed by atoms with E-state index < -0.39 is 0 Å². The highest BCUT2D eigenvalue weighted by Crippen LogP contribution is 2.14. The summed E-state index contributed by atoms with van der Waals surface area (Å²) < 4.78 is 9.86. The molecule has 2 heterocycles. The molecule has 6 nitrogen and oxygen atoms in total. The van der Waals surface area contributed by atoms with Crippen LogP contribution in [0, 0.1) is 6.92 Å². The summed E-state index contributed by atoms with van der Waals surface area (Å²) in [6.45, 7) is 2.25. The lowest BCUT2D eigenvalue weighted by atomic mass is 10.4. The highest BCUT2D eigenvalue weighted by Gasteiger charge is 2.10. The largest absolute Gasteiger partial charge is 0.377 e. The molecule has 14 heavy (non-hydrogen) atoms. The van der Waals surface area contributed by atoms with E-state index in [9.17, 15) is 0 Å². The Labute approximate surface area is 80.3 Å². The van der Waals surface area contributed by atoms with E-state index in [1.165, 1.54) is 0 Å². The minimum absolute atomic E-state index is 0.340. The minimum atomic E-state index is 0.340. The van der Waals surface area contributed by atoms with Crippen molar-refractivity contribution in [3.05, 3.63) is 17.6 Å². The third kappa shape index (κ3) is 1.64. The van der Waals surface area contributed by atoms with Gasteiger partial charge in [0, 0.05) is 12.8 Å². The van der Waals surface area contributed by atoms with E-state index in [2.05, 4.69) is 20.3 Å². The van der Waals surface area contributed by atoms with E-state index in [0.29, 0.717) is 24.0 Å². The molecule has 6 heteroatoms. The maximum Gasteiger partial charge on any atom is 0.278 e. The van der Waals surface area contributed by atoms with Gasteiger partial charge in [-0.05, 0) is 13.0 Å². The zero-order valence-electron chi connectivity index (χ0n) is 7.94. The Balaban J connectivity index is 2.24. The van der Waals surface area contributed by atoms with Crippen LogP contribution in [-0.2, 0) is 11.3 Å². The van der Waals surface area contributed by atoms with Crippen molar-refractivity contribution in [1.29, 1.82) is 0 Å². The fraction of sp³-hybridized carbons (Fsp3) is 0.375. The summed E-state index contributed by atoms with van der Waals surface area (Å²) in [6.07, 6.45) is 0. The van der Waals surface area contributed by atoms with Crippen molar-refractivity contribution in [3.63, 3.8) is 0 Å². The van der Waals surface area contributed by atoms with Crippen LogP contribution in [0.15, 0.2) is 10.6 Å². The number of nitrogens with one attached hydrogen (secondary N) is 1. The number of aromatic nitrogens is 4. The van der Waals surface area contributed by atoms with Gasteiger partial charge in [0.05, 0.1) is 0 Å². The summed E-state index contributed by atoms with van der Waals surface area (Å²) in [4.78, 5) is 4.10. The second-order valence-electron chi connectivity index (χ2n) is 2.88. The standard InChI is InChI=1S/C8H10N4O2/c1-5-3-6(11-10-5)8-9-7(4-13-2)12-14-8/h3H,4H2,1-2H3,(H,10,11). The molecule has 0 saturated heterocycles. The molecule has 0 aliphatic carbocycles. The molecule has 74 valence electrons. The monoisotopic (exact) mass is 194 g/mol. The van der Waals surface area contributed by atoms with Crippen molar-refractivity contribution in [2.45, 2.75) is 13.5 Å². The molecule has 0 aromatic carbocycles. The van der Waals surface area contributed by atoms with Crippen molar-refractivity contribution in [2.24, 2.45) is 0 Å². The van der Waals surface area contributed by atoms with Gasteiger partial charge >= 0.3 is 0 Å². The number of ether oxygens (including phenoxy) is 1. The molecule has 2 aromatic rings. The number of aromatic amines is 1. The third-order valence-corrected chi connectivity index (χ3v) is 1.67. The molecule has 0 radical (unpaired) electrons. The molecule has 0 aliphatic rings. The van der Waals surface area contributed by atoms with E-state index in [4.69, 9.17) is 9.26 Å². The summed E-state index contributed by atoms with van der Waals surface area (Å²) in [5.74, 6) is 0.921. The van der Waals surface area contributed by atoms with Crippen molar-refractivity contribution < 1.29 is 9.26 Å². The first-order valence-corrected chi connectivity index (χ1v) is 4.13. The predicted octanol–water partition coefficient (Wildman–Crippen LogP) is 0.915. The first-order valence-electron chi connectivity index (χ1n) is 4.13. The molecule has 0 fully saturated rings. The van der Waals surface area contributed by atoms with Gasteiger partial charge in [-0.3, -0.25) is 5.10 Å². The Morgan fingerprint density at radius 2 is 2.43 bits per heavy atom. The molecule has 1 N–H and O–H groups in total. The van der Waals surface area contributed by atoms with E-state index >= 15 is 0 Å². The Hall–Kier alpha value is -1.69. The van der Waals surface area contributed by atoms with E-state index in [1.807, 2.05) is 13.0 Å². The number of hydrogen-bond acceptors (Lipinski definition) is 5. The summed E-state index contributed by atoms with van der Waals surface area (Å²) in [5, 5.41) is 10.5. The van der Waals surface area contributed by atoms with Gasteiger partial charge in [0.15, 0.2) is 11.5 Å². The Morgan fingerprint density at radius 3 is 3.07 bits per heavy atom. The maximum atomic E-state index is 4.99. The molecular weight excluding hydrogens is 184 g/mol. The molecule has 2 aromatic heterocycles. The fourth-order valence-corrected chi connectivity index (χ4v) is 1.07. The highest BCUT2D eigenvalue weighted by molar-refractivity contribution is 5.46. The molecule has 0 saturated carbocycles. The zero-order valence-corrected chi connectivity index (χ0v) is 7.94. The number of nitrogens with zero attached hydrogens (tertiary/aromatic N) is 3. The van der Waals surface area contributed by atoms with Gasteiger partial charge in [-0.25, -0.2) is 0 Å². The van der Waals surface area contributed by atoms with Gasteiger partial charge in [-0.1, -0.05) is 5.16 Å². The molecule has 0 atom stereocenters. The zero-order chi connectivity index (χ0) is 9.97. The van der Waals surface area contributed by atoms with Crippen LogP contribution in [0.5, 0.6) is 0 Å². The van der Waals surface area contributed by atoms with Crippen LogP contribution in [0.1, 0.15) is 11.5 Å². The van der Waals surface area contributed by atoms with E-state index in [0.717, 1.165) is 5.69 Å². The summed E-state index contributed by atoms with van der Waals surface area (Å²) in [5.41, 5.74) is 1.60. The summed E-state index contributed by atoms with van der Waals surface area (Å²) in [6, 6.07) is 1.84. The van der Waals surface area contributed by atoms with Crippen LogP contribution in [-0.4, -0.2) is 27.4 Å². The van der Waals surface area contributed by atoms with Crippen LogP contribution in [0.3, 0.4) is 0 Å². The number of methoxy groups -OCH3 is 1. The van der Waals surface area contributed by atoms with Crippen molar-refractivity contribution >= 4 is 0 Å². The van der Waals surface area contributed by atoms with Crippen LogP contribution in [0.2, 0.25) is 0 Å². The normalized spacial score (nSPS) is 10.7. The number of aryl methyl sites for hydroxylation is 1. The predicted molar refractivity (Wildman–Crippen MR) is 47.3 cm³/mol. The lowest BCUT2D eigenvalue weighted by Crippen LogP contribution is -1.89. The Morgan fingerprint density at radius 1 is 1.57 bits per heavy atom. The average molecular weight is 194 g/mol. The molecule has 0 unspecified atom stereocenters. The number of hydrogen-bond donors (Lipinski definition) is 1. The van der Waals surface area contributed by atoms with Gasteiger partial charge < -0.3 is 9.26 Å². The second-order valence-corrected chi connectivity index (χ2v) is 2.88. The SMILES string of the molecule is COCc1noc(-c2cc(C)[nH]n2)n1. The van der Waals surface area contributed by atoms with Crippen molar-refractivity contribution in [2.75, 3.05) is 7.11 Å². The Kier molecular flexibility index (Phi) is 2.28. The molecule has 0 spiro atoms. The van der Waals surface area contributed by atoms with Crippen molar-refractivity contribution in [1.82, 2.24) is 20.3 Å². The third-order valence-electron chi connectivity index (χ3n) is 1.67. The molecule has 0 aliphatic heterocycles.